The zero-order valence-corrected chi connectivity index (χ0v) is 14.6. The maximum absolute atomic E-state index is 11.8. The van der Waals surface area contributed by atoms with Crippen LogP contribution < -0.4 is 15.4 Å². The van der Waals surface area contributed by atoms with Gasteiger partial charge in [-0.1, -0.05) is 31.2 Å². The fourth-order valence-electron chi connectivity index (χ4n) is 2.30. The monoisotopic (exact) mass is 326 g/mol. The van der Waals surface area contributed by atoms with E-state index in [1.54, 1.807) is 0 Å². The van der Waals surface area contributed by atoms with Crippen LogP contribution in [0.2, 0.25) is 0 Å². The summed E-state index contributed by atoms with van der Waals surface area (Å²) in [5, 5.41) is 6.09. The van der Waals surface area contributed by atoms with Crippen LogP contribution in [0.3, 0.4) is 0 Å². The number of anilines is 1. The molecular weight excluding hydrogens is 300 g/mol. The molecule has 4 nitrogen and oxygen atoms in total. The molecule has 0 saturated carbocycles. The quantitative estimate of drug-likeness (QED) is 0.768. The molecule has 1 atom stereocenters. The van der Waals surface area contributed by atoms with Gasteiger partial charge in [-0.2, -0.15) is 0 Å². The maximum atomic E-state index is 11.8. The summed E-state index contributed by atoms with van der Waals surface area (Å²) in [5.74, 6) is 0.895. The van der Waals surface area contributed by atoms with Crippen LogP contribution in [-0.4, -0.2) is 25.1 Å². The molecule has 0 spiro atoms. The third kappa shape index (κ3) is 5.30. The van der Waals surface area contributed by atoms with Crippen molar-refractivity contribution < 1.29 is 9.53 Å². The second-order valence-corrected chi connectivity index (χ2v) is 5.77. The lowest BCUT2D eigenvalue weighted by Gasteiger charge is -2.12. The number of rotatable bonds is 8. The molecule has 0 unspecified atom stereocenters. The van der Waals surface area contributed by atoms with Gasteiger partial charge in [-0.3, -0.25) is 4.79 Å². The minimum atomic E-state index is 0.0138. The van der Waals surface area contributed by atoms with Gasteiger partial charge in [0.2, 0.25) is 5.91 Å². The zero-order valence-electron chi connectivity index (χ0n) is 14.6. The number of carbonyl (C=O) groups excluding carboxylic acids is 1. The van der Waals surface area contributed by atoms with Gasteiger partial charge in [0.15, 0.2) is 0 Å². The smallest absolute Gasteiger partial charge is 0.239 e. The molecule has 0 saturated heterocycles. The van der Waals surface area contributed by atoms with Gasteiger partial charge in [-0.05, 0) is 55.7 Å². The Bertz CT molecular complexity index is 636. The van der Waals surface area contributed by atoms with E-state index >= 15 is 0 Å². The van der Waals surface area contributed by atoms with E-state index in [-0.39, 0.29) is 18.5 Å². The lowest BCUT2D eigenvalue weighted by atomic mass is 10.1. The van der Waals surface area contributed by atoms with E-state index in [2.05, 4.69) is 17.6 Å². The second-order valence-electron chi connectivity index (χ2n) is 5.77. The van der Waals surface area contributed by atoms with Crippen molar-refractivity contribution in [2.45, 2.75) is 33.2 Å². The third-order valence-electron chi connectivity index (χ3n) is 3.86. The number of nitrogens with one attached hydrogen (secondary N) is 2. The second kappa shape index (κ2) is 8.96. The Labute approximate surface area is 144 Å². The Kier molecular flexibility index (Phi) is 6.67. The van der Waals surface area contributed by atoms with Gasteiger partial charge in [0, 0.05) is 11.7 Å². The molecular formula is C20H26N2O2. The van der Waals surface area contributed by atoms with Crippen molar-refractivity contribution >= 4 is 11.6 Å². The zero-order chi connectivity index (χ0) is 17.4. The SMILES string of the molecule is CCOc1ccc(-c2ccc(NCC(=O)N[C@H](C)CC)cc2)cc1. The summed E-state index contributed by atoms with van der Waals surface area (Å²) in [5.41, 5.74) is 3.20. The molecule has 2 N–H and O–H groups in total. The topological polar surface area (TPSA) is 50.4 Å². The number of benzene rings is 2. The molecule has 0 aromatic heterocycles. The van der Waals surface area contributed by atoms with Gasteiger partial charge >= 0.3 is 0 Å². The molecule has 0 aliphatic carbocycles. The first-order chi connectivity index (χ1) is 11.6. The van der Waals surface area contributed by atoms with Crippen molar-refractivity contribution in [3.63, 3.8) is 0 Å². The van der Waals surface area contributed by atoms with Crippen molar-refractivity contribution in [3.8, 4) is 16.9 Å². The summed E-state index contributed by atoms with van der Waals surface area (Å²) in [7, 11) is 0. The molecule has 0 bridgehead atoms. The van der Waals surface area contributed by atoms with Gasteiger partial charge in [-0.25, -0.2) is 0 Å². The van der Waals surface area contributed by atoms with Crippen molar-refractivity contribution in [2.75, 3.05) is 18.5 Å². The van der Waals surface area contributed by atoms with Crippen LogP contribution in [0.5, 0.6) is 5.75 Å². The Morgan fingerprint density at radius 3 is 2.12 bits per heavy atom. The Morgan fingerprint density at radius 1 is 1.00 bits per heavy atom. The van der Waals surface area contributed by atoms with Gasteiger partial charge in [0.05, 0.1) is 13.2 Å². The van der Waals surface area contributed by atoms with E-state index in [9.17, 15) is 4.79 Å². The number of hydrogen-bond acceptors (Lipinski definition) is 3. The highest BCUT2D eigenvalue weighted by Crippen LogP contribution is 2.23. The van der Waals surface area contributed by atoms with Crippen LogP contribution in [0, 0.1) is 0 Å². The maximum Gasteiger partial charge on any atom is 0.239 e. The first-order valence-electron chi connectivity index (χ1n) is 8.49. The van der Waals surface area contributed by atoms with E-state index in [1.807, 2.05) is 62.4 Å². The third-order valence-corrected chi connectivity index (χ3v) is 3.86. The molecule has 0 heterocycles. The molecule has 2 aromatic carbocycles. The number of amides is 1. The lowest BCUT2D eigenvalue weighted by Crippen LogP contribution is -2.36. The highest BCUT2D eigenvalue weighted by atomic mass is 16.5. The molecule has 24 heavy (non-hydrogen) atoms. The molecule has 2 aromatic rings. The highest BCUT2D eigenvalue weighted by molar-refractivity contribution is 5.81. The summed E-state index contributed by atoms with van der Waals surface area (Å²) in [6.45, 7) is 6.99. The summed E-state index contributed by atoms with van der Waals surface area (Å²) < 4.78 is 5.46. The Morgan fingerprint density at radius 2 is 1.58 bits per heavy atom. The predicted octanol–water partition coefficient (Wildman–Crippen LogP) is 4.08. The van der Waals surface area contributed by atoms with Crippen molar-refractivity contribution in [1.82, 2.24) is 5.32 Å². The molecule has 0 radical (unpaired) electrons. The first kappa shape index (κ1) is 17.9. The minimum Gasteiger partial charge on any atom is -0.494 e. The average Bonchev–Trinajstić information content (AvgIpc) is 2.61. The van der Waals surface area contributed by atoms with Crippen LogP contribution in [0.25, 0.3) is 11.1 Å². The number of carbonyl (C=O) groups is 1. The summed E-state index contributed by atoms with van der Waals surface area (Å²) in [4.78, 5) is 11.8. The molecule has 0 aliphatic rings. The van der Waals surface area contributed by atoms with E-state index in [4.69, 9.17) is 4.74 Å². The van der Waals surface area contributed by atoms with E-state index in [0.29, 0.717) is 6.61 Å². The lowest BCUT2D eigenvalue weighted by molar-refractivity contribution is -0.120. The van der Waals surface area contributed by atoms with Crippen LogP contribution in [0.15, 0.2) is 48.5 Å². The normalized spacial score (nSPS) is 11.6. The predicted molar refractivity (Wildman–Crippen MR) is 99.4 cm³/mol. The van der Waals surface area contributed by atoms with Crippen LogP contribution in [0.1, 0.15) is 27.2 Å². The molecule has 0 aliphatic heterocycles. The van der Waals surface area contributed by atoms with Gasteiger partial charge in [0.1, 0.15) is 5.75 Å². The fourth-order valence-corrected chi connectivity index (χ4v) is 2.30. The van der Waals surface area contributed by atoms with Crippen LogP contribution >= 0.6 is 0 Å². The van der Waals surface area contributed by atoms with Gasteiger partial charge in [-0.15, -0.1) is 0 Å². The Balaban J connectivity index is 1.91. The summed E-state index contributed by atoms with van der Waals surface area (Å²) >= 11 is 0. The van der Waals surface area contributed by atoms with Gasteiger partial charge in [0.25, 0.3) is 0 Å². The number of hydrogen-bond donors (Lipinski definition) is 2. The van der Waals surface area contributed by atoms with Crippen molar-refractivity contribution in [3.05, 3.63) is 48.5 Å². The standard InChI is InChI=1S/C20H26N2O2/c1-4-15(3)22-20(23)14-21-18-10-6-16(7-11-18)17-8-12-19(13-9-17)24-5-2/h6-13,15,21H,4-5,14H2,1-3H3,(H,22,23)/t15-/m1/s1. The van der Waals surface area contributed by atoms with Crippen molar-refractivity contribution in [1.29, 1.82) is 0 Å². The van der Waals surface area contributed by atoms with E-state index < -0.39 is 0 Å². The van der Waals surface area contributed by atoms with Crippen LogP contribution in [-0.2, 0) is 4.79 Å². The van der Waals surface area contributed by atoms with Gasteiger partial charge < -0.3 is 15.4 Å². The molecule has 128 valence electrons. The van der Waals surface area contributed by atoms with E-state index in [1.165, 1.54) is 0 Å². The molecule has 1 amide bonds. The largest absolute Gasteiger partial charge is 0.494 e. The highest BCUT2D eigenvalue weighted by Gasteiger charge is 2.05. The summed E-state index contributed by atoms with van der Waals surface area (Å²) in [6.07, 6.45) is 0.933. The van der Waals surface area contributed by atoms with Crippen LogP contribution in [0.4, 0.5) is 5.69 Å². The molecule has 0 fully saturated rings. The average molecular weight is 326 g/mol. The Hall–Kier alpha value is -2.49. The van der Waals surface area contributed by atoms with Crippen molar-refractivity contribution in [2.24, 2.45) is 0 Å². The molecule has 4 heteroatoms. The first-order valence-corrected chi connectivity index (χ1v) is 8.49. The fraction of sp³-hybridized carbons (Fsp3) is 0.350. The number of ether oxygens (including phenoxy) is 1. The minimum absolute atomic E-state index is 0.0138. The summed E-state index contributed by atoms with van der Waals surface area (Å²) in [6, 6.07) is 16.3. The molecule has 2 rings (SSSR count). The van der Waals surface area contributed by atoms with E-state index in [0.717, 1.165) is 29.0 Å².